The standard InChI is InChI=1S/C24H23F3N4O/c25-24(26,27)20-3-1-17(2-4-20)18-7-10-30(15-18)21-5-6-23-19(13-21)14-28-31(23)12-11-29-9-8-22(32)16-29/h1-7,10,13-15,22,32H,8-9,11-12,16H2/t22-/m1/s1. The van der Waals surface area contributed by atoms with E-state index in [0.717, 1.165) is 72.4 Å². The van der Waals surface area contributed by atoms with Crippen LogP contribution in [0, 0.1) is 0 Å². The molecule has 2 aromatic heterocycles. The predicted octanol–water partition coefficient (Wildman–Crippen LogP) is 4.58. The van der Waals surface area contributed by atoms with Crippen molar-refractivity contribution in [2.24, 2.45) is 0 Å². The minimum absolute atomic E-state index is 0.221. The van der Waals surface area contributed by atoms with Gasteiger partial charge in [0.25, 0.3) is 0 Å². The van der Waals surface area contributed by atoms with E-state index < -0.39 is 11.7 Å². The SMILES string of the molecule is O[C@@H]1CCN(CCn2ncc3cc(-n4ccc(-c5ccc(C(F)(F)F)cc5)c4)ccc32)C1. The molecule has 8 heteroatoms. The van der Waals surface area contributed by atoms with Crippen LogP contribution < -0.4 is 0 Å². The zero-order chi connectivity index (χ0) is 22.3. The summed E-state index contributed by atoms with van der Waals surface area (Å²) in [6.07, 6.45) is 1.93. The van der Waals surface area contributed by atoms with Crippen molar-refractivity contribution in [3.05, 3.63) is 72.7 Å². The van der Waals surface area contributed by atoms with Gasteiger partial charge in [0.1, 0.15) is 0 Å². The van der Waals surface area contributed by atoms with Crippen molar-refractivity contribution in [1.29, 1.82) is 0 Å². The molecule has 5 nitrogen and oxygen atoms in total. The third-order valence-electron chi connectivity index (χ3n) is 6.04. The highest BCUT2D eigenvalue weighted by Gasteiger charge is 2.30. The lowest BCUT2D eigenvalue weighted by molar-refractivity contribution is -0.137. The molecule has 2 aromatic carbocycles. The van der Waals surface area contributed by atoms with Crippen LogP contribution in [0.15, 0.2) is 67.1 Å². The predicted molar refractivity (Wildman–Crippen MR) is 117 cm³/mol. The number of nitrogens with zero attached hydrogens (tertiary/aromatic N) is 4. The van der Waals surface area contributed by atoms with Gasteiger partial charge in [-0.15, -0.1) is 0 Å². The Kier molecular flexibility index (Phi) is 5.27. The number of alkyl halides is 3. The molecule has 1 N–H and O–H groups in total. The van der Waals surface area contributed by atoms with Gasteiger partial charge in [0, 0.05) is 43.1 Å². The van der Waals surface area contributed by atoms with Crippen LogP contribution in [0.1, 0.15) is 12.0 Å². The topological polar surface area (TPSA) is 46.2 Å². The molecule has 3 heterocycles. The van der Waals surface area contributed by atoms with Gasteiger partial charge in [-0.05, 0) is 53.9 Å². The number of likely N-dealkylation sites (tertiary alicyclic amines) is 1. The highest BCUT2D eigenvalue weighted by atomic mass is 19.4. The monoisotopic (exact) mass is 440 g/mol. The van der Waals surface area contributed by atoms with E-state index in [1.54, 1.807) is 0 Å². The number of fused-ring (bicyclic) bond motifs is 1. The summed E-state index contributed by atoms with van der Waals surface area (Å²) in [7, 11) is 0. The second-order valence-corrected chi connectivity index (χ2v) is 8.24. The first-order valence-corrected chi connectivity index (χ1v) is 10.6. The fraction of sp³-hybridized carbons (Fsp3) is 0.292. The van der Waals surface area contributed by atoms with Crippen molar-refractivity contribution >= 4 is 10.9 Å². The Hall–Kier alpha value is -3.10. The largest absolute Gasteiger partial charge is 0.416 e. The zero-order valence-corrected chi connectivity index (χ0v) is 17.3. The summed E-state index contributed by atoms with van der Waals surface area (Å²) in [5.41, 5.74) is 2.94. The number of aliphatic hydroxyl groups excluding tert-OH is 1. The Morgan fingerprint density at radius 2 is 1.81 bits per heavy atom. The first-order chi connectivity index (χ1) is 15.4. The Bertz CT molecular complexity index is 1230. The molecule has 32 heavy (non-hydrogen) atoms. The van der Waals surface area contributed by atoms with Crippen LogP contribution in [-0.4, -0.2) is 50.1 Å². The van der Waals surface area contributed by atoms with Gasteiger partial charge in [-0.3, -0.25) is 9.58 Å². The highest BCUT2D eigenvalue weighted by molar-refractivity contribution is 5.81. The number of benzene rings is 2. The van der Waals surface area contributed by atoms with Gasteiger partial charge in [0.2, 0.25) is 0 Å². The molecule has 0 unspecified atom stereocenters. The molecule has 1 fully saturated rings. The minimum atomic E-state index is -4.33. The van der Waals surface area contributed by atoms with Gasteiger partial charge in [-0.1, -0.05) is 12.1 Å². The Labute approximate surface area is 183 Å². The third-order valence-corrected chi connectivity index (χ3v) is 6.04. The highest BCUT2D eigenvalue weighted by Crippen LogP contribution is 2.31. The molecule has 0 radical (unpaired) electrons. The van der Waals surface area contributed by atoms with Crippen molar-refractivity contribution < 1.29 is 18.3 Å². The van der Waals surface area contributed by atoms with E-state index >= 15 is 0 Å². The zero-order valence-electron chi connectivity index (χ0n) is 17.3. The van der Waals surface area contributed by atoms with E-state index in [1.807, 2.05) is 46.0 Å². The van der Waals surface area contributed by atoms with Crippen LogP contribution in [0.2, 0.25) is 0 Å². The summed E-state index contributed by atoms with van der Waals surface area (Å²) < 4.78 is 42.3. The molecule has 0 amide bonds. The normalized spacial score (nSPS) is 17.4. The van der Waals surface area contributed by atoms with Crippen LogP contribution in [0.3, 0.4) is 0 Å². The maximum absolute atomic E-state index is 12.8. The lowest BCUT2D eigenvalue weighted by Crippen LogP contribution is -2.26. The average Bonchev–Trinajstić information content (AvgIpc) is 3.51. The molecule has 166 valence electrons. The molecule has 0 saturated carbocycles. The third kappa shape index (κ3) is 4.16. The first kappa shape index (κ1) is 20.8. The Morgan fingerprint density at radius 1 is 1.00 bits per heavy atom. The number of aliphatic hydroxyl groups is 1. The Balaban J connectivity index is 1.33. The lowest BCUT2D eigenvalue weighted by atomic mass is 10.1. The smallest absolute Gasteiger partial charge is 0.392 e. The van der Waals surface area contributed by atoms with Gasteiger partial charge in [0.15, 0.2) is 0 Å². The quantitative estimate of drug-likeness (QED) is 0.494. The van der Waals surface area contributed by atoms with E-state index in [9.17, 15) is 18.3 Å². The molecule has 1 aliphatic heterocycles. The molecule has 1 saturated heterocycles. The first-order valence-electron chi connectivity index (χ1n) is 10.6. The van der Waals surface area contributed by atoms with Crippen molar-refractivity contribution in [1.82, 2.24) is 19.2 Å². The molecule has 0 aliphatic carbocycles. The lowest BCUT2D eigenvalue weighted by Gasteiger charge is -2.15. The van der Waals surface area contributed by atoms with E-state index in [4.69, 9.17) is 0 Å². The van der Waals surface area contributed by atoms with Crippen LogP contribution in [-0.2, 0) is 12.7 Å². The molecular formula is C24H23F3N4O. The van der Waals surface area contributed by atoms with Gasteiger partial charge < -0.3 is 9.67 Å². The van der Waals surface area contributed by atoms with Crippen LogP contribution in [0.5, 0.6) is 0 Å². The second-order valence-electron chi connectivity index (χ2n) is 8.24. The Morgan fingerprint density at radius 3 is 2.53 bits per heavy atom. The average molecular weight is 440 g/mol. The second kappa shape index (κ2) is 8.11. The van der Waals surface area contributed by atoms with E-state index in [2.05, 4.69) is 16.1 Å². The van der Waals surface area contributed by atoms with E-state index in [-0.39, 0.29) is 6.10 Å². The van der Waals surface area contributed by atoms with Crippen molar-refractivity contribution in [2.75, 3.05) is 19.6 Å². The fourth-order valence-corrected chi connectivity index (χ4v) is 4.24. The molecule has 0 bridgehead atoms. The summed E-state index contributed by atoms with van der Waals surface area (Å²) in [5, 5.41) is 15.2. The number of halogens is 3. The van der Waals surface area contributed by atoms with Crippen LogP contribution in [0.25, 0.3) is 27.7 Å². The molecule has 1 atom stereocenters. The van der Waals surface area contributed by atoms with Crippen molar-refractivity contribution in [2.45, 2.75) is 25.2 Å². The van der Waals surface area contributed by atoms with E-state index in [0.29, 0.717) is 0 Å². The minimum Gasteiger partial charge on any atom is -0.392 e. The molecule has 5 rings (SSSR count). The van der Waals surface area contributed by atoms with Gasteiger partial charge in [-0.2, -0.15) is 18.3 Å². The van der Waals surface area contributed by atoms with Gasteiger partial charge >= 0.3 is 6.18 Å². The molecule has 1 aliphatic rings. The summed E-state index contributed by atoms with van der Waals surface area (Å²) in [6, 6.07) is 13.2. The van der Waals surface area contributed by atoms with Crippen molar-refractivity contribution in [3.8, 4) is 16.8 Å². The summed E-state index contributed by atoms with van der Waals surface area (Å²) in [6.45, 7) is 3.25. The summed E-state index contributed by atoms with van der Waals surface area (Å²) in [4.78, 5) is 2.25. The number of rotatable bonds is 5. The summed E-state index contributed by atoms with van der Waals surface area (Å²) >= 11 is 0. The van der Waals surface area contributed by atoms with Crippen LogP contribution >= 0.6 is 0 Å². The van der Waals surface area contributed by atoms with Crippen LogP contribution in [0.4, 0.5) is 13.2 Å². The fourth-order valence-electron chi connectivity index (χ4n) is 4.24. The molecular weight excluding hydrogens is 417 g/mol. The number of hydrogen-bond donors (Lipinski definition) is 1. The molecule has 4 aromatic rings. The van der Waals surface area contributed by atoms with Gasteiger partial charge in [0.05, 0.1) is 29.9 Å². The maximum atomic E-state index is 12.8. The van der Waals surface area contributed by atoms with E-state index in [1.165, 1.54) is 12.1 Å². The van der Waals surface area contributed by atoms with Gasteiger partial charge in [-0.25, -0.2) is 0 Å². The maximum Gasteiger partial charge on any atom is 0.416 e. The number of hydrogen-bond acceptors (Lipinski definition) is 3. The number of aromatic nitrogens is 3. The number of β-amino-alcohol motifs (C(OH)–C–C–N with tert-alkyl or cyclic N) is 1. The van der Waals surface area contributed by atoms with Crippen molar-refractivity contribution in [3.63, 3.8) is 0 Å². The molecule has 0 spiro atoms. The summed E-state index contributed by atoms with van der Waals surface area (Å²) in [5.74, 6) is 0.